The fraction of sp³-hybridized carbons (Fsp3) is 0.174. The van der Waals surface area contributed by atoms with Crippen LogP contribution in [0.2, 0.25) is 0 Å². The van der Waals surface area contributed by atoms with Gasteiger partial charge in [-0.05, 0) is 35.0 Å². The van der Waals surface area contributed by atoms with E-state index in [1.165, 1.54) is 33.9 Å². The first kappa shape index (κ1) is 22.8. The number of allylic oxidation sites excluding steroid dienone is 4. The van der Waals surface area contributed by atoms with Crippen molar-refractivity contribution in [3.8, 4) is 0 Å². The van der Waals surface area contributed by atoms with Gasteiger partial charge in [-0.25, -0.2) is 0 Å². The molecule has 0 spiro atoms. The van der Waals surface area contributed by atoms with E-state index in [4.69, 9.17) is 0 Å². The van der Waals surface area contributed by atoms with Crippen molar-refractivity contribution in [3.05, 3.63) is 97.7 Å². The predicted octanol–water partition coefficient (Wildman–Crippen LogP) is 5.14. The molecule has 2 radical (unpaired) electrons. The molecule has 0 bridgehead atoms. The Morgan fingerprint density at radius 1 is 1.04 bits per heavy atom. The van der Waals surface area contributed by atoms with Crippen LogP contribution < -0.4 is 4.90 Å². The van der Waals surface area contributed by atoms with Crippen molar-refractivity contribution in [2.24, 2.45) is 0 Å². The fourth-order valence-electron chi connectivity index (χ4n) is 3.91. The largest absolute Gasteiger partial charge is 0.500 e. The van der Waals surface area contributed by atoms with Crippen molar-refractivity contribution < 1.29 is 70.0 Å². The Morgan fingerprint density at radius 2 is 1.70 bits per heavy atom. The average Bonchev–Trinajstić information content (AvgIpc) is 3.03. The Morgan fingerprint density at radius 3 is 2.41 bits per heavy atom. The molecule has 2 aromatic carbocycles. The molecule has 2 heterocycles. The maximum absolute atomic E-state index is 4.26. The standard InChI is InChI=1S/C23H23N2.2Y/c1-23(2)19-12-6-8-14-21(19)25(4)22(23)15-9-11-18-16-17-10-5-7-13-20(17)24(18)3;;/h5-15H,3-4,16H2,1-2H3;;/q-1;;/b15-9+,18-11+;;. The van der Waals surface area contributed by atoms with Crippen molar-refractivity contribution in [1.82, 2.24) is 0 Å². The summed E-state index contributed by atoms with van der Waals surface area (Å²) >= 11 is 0. The quantitative estimate of drug-likeness (QED) is 0.405. The van der Waals surface area contributed by atoms with Gasteiger partial charge in [-0.3, -0.25) is 7.05 Å². The van der Waals surface area contributed by atoms with Crippen LogP contribution in [0.5, 0.6) is 0 Å². The Balaban J connectivity index is 0.00000131. The molecule has 0 N–H and O–H groups in total. The van der Waals surface area contributed by atoms with E-state index in [-0.39, 0.29) is 70.8 Å². The minimum atomic E-state index is -0.0455. The molecule has 0 atom stereocenters. The van der Waals surface area contributed by atoms with Gasteiger partial charge in [-0.1, -0.05) is 62.4 Å². The number of rotatable bonds is 2. The van der Waals surface area contributed by atoms with Crippen molar-refractivity contribution in [2.45, 2.75) is 25.7 Å². The Hall–Kier alpha value is -0.532. The molecule has 132 valence electrons. The first-order chi connectivity index (χ1) is 12.0. The number of fused-ring (bicyclic) bond motifs is 2. The average molecular weight is 505 g/mol. The zero-order valence-corrected chi connectivity index (χ0v) is 21.7. The van der Waals surface area contributed by atoms with E-state index in [9.17, 15) is 0 Å². The molecule has 0 unspecified atom stereocenters. The van der Waals surface area contributed by atoms with Gasteiger partial charge in [0.2, 0.25) is 0 Å². The Kier molecular flexibility index (Phi) is 7.47. The number of benzene rings is 2. The molecule has 0 amide bonds. The summed E-state index contributed by atoms with van der Waals surface area (Å²) in [5.41, 5.74) is 7.41. The number of nitrogens with zero attached hydrogens (tertiary/aromatic N) is 2. The van der Waals surface area contributed by atoms with Gasteiger partial charge in [0.15, 0.2) is 0 Å². The van der Waals surface area contributed by atoms with Crippen LogP contribution in [-0.4, -0.2) is 10.3 Å². The molecule has 2 nitrogen and oxygen atoms in total. The van der Waals surface area contributed by atoms with E-state index < -0.39 is 0 Å². The molecular weight excluding hydrogens is 482 g/mol. The third-order valence-corrected chi connectivity index (χ3v) is 5.34. The minimum Gasteiger partial charge on any atom is -0.500 e. The summed E-state index contributed by atoms with van der Waals surface area (Å²) in [4.78, 5) is 2.03. The number of hydrogen-bond donors (Lipinski definition) is 0. The van der Waals surface area contributed by atoms with Gasteiger partial charge >= 0.3 is 0 Å². The second-order valence-corrected chi connectivity index (χ2v) is 7.21. The van der Waals surface area contributed by atoms with Crippen LogP contribution in [0.3, 0.4) is 0 Å². The molecule has 4 rings (SSSR count). The second kappa shape index (κ2) is 8.87. The normalized spacial score (nSPS) is 18.3. The summed E-state index contributed by atoms with van der Waals surface area (Å²) in [6.07, 6.45) is 7.39. The first-order valence-corrected chi connectivity index (χ1v) is 8.63. The van der Waals surface area contributed by atoms with Gasteiger partial charge in [0.25, 0.3) is 0 Å². The van der Waals surface area contributed by atoms with E-state index >= 15 is 0 Å². The number of hydrogen-bond acceptors (Lipinski definition) is 1. The summed E-state index contributed by atoms with van der Waals surface area (Å²) in [6.45, 7) is 4.51. The van der Waals surface area contributed by atoms with Crippen molar-refractivity contribution in [1.29, 1.82) is 0 Å². The van der Waals surface area contributed by atoms with Gasteiger partial charge in [0, 0.05) is 90.0 Å². The summed E-state index contributed by atoms with van der Waals surface area (Å²) in [6, 6.07) is 16.9. The third-order valence-electron chi connectivity index (χ3n) is 5.34. The predicted molar refractivity (Wildman–Crippen MR) is 105 cm³/mol. The summed E-state index contributed by atoms with van der Waals surface area (Å²) in [7, 11) is 8.44. The molecule has 0 saturated carbocycles. The molecule has 0 aromatic heterocycles. The molecule has 0 saturated heterocycles. The van der Waals surface area contributed by atoms with E-state index in [1.54, 1.807) is 0 Å². The summed E-state index contributed by atoms with van der Waals surface area (Å²) in [5.74, 6) is 0. The van der Waals surface area contributed by atoms with Gasteiger partial charge < -0.3 is 9.48 Å². The van der Waals surface area contributed by atoms with Crippen molar-refractivity contribution in [2.75, 3.05) is 4.90 Å². The molecular formula is C23H23N2Y2-. The topological polar surface area (TPSA) is 6.25 Å². The molecule has 0 aliphatic carbocycles. The van der Waals surface area contributed by atoms with Crippen LogP contribution in [0.25, 0.3) is 0 Å². The first-order valence-electron chi connectivity index (χ1n) is 8.63. The van der Waals surface area contributed by atoms with Crippen LogP contribution in [0.4, 0.5) is 11.4 Å². The second-order valence-electron chi connectivity index (χ2n) is 7.21. The molecule has 2 aliphatic rings. The van der Waals surface area contributed by atoms with E-state index in [1.807, 2.05) is 4.90 Å². The molecule has 4 heteroatoms. The van der Waals surface area contributed by atoms with E-state index in [0.29, 0.717) is 0 Å². The van der Waals surface area contributed by atoms with Crippen molar-refractivity contribution >= 4 is 17.1 Å². The maximum Gasteiger partial charge on any atom is 0.108 e. The molecule has 2 aromatic rings. The van der Waals surface area contributed by atoms with Crippen LogP contribution in [0.15, 0.2) is 72.5 Å². The zero-order chi connectivity index (χ0) is 17.6. The van der Waals surface area contributed by atoms with Gasteiger partial charge in [0.1, 0.15) is 5.69 Å². The summed E-state index contributed by atoms with van der Waals surface area (Å²) < 4.78 is 2.05. The van der Waals surface area contributed by atoms with Gasteiger partial charge in [-0.2, -0.15) is 0 Å². The number of anilines is 1. The monoisotopic (exact) mass is 505 g/mol. The third kappa shape index (κ3) is 3.97. The molecule has 2 aliphatic heterocycles. The SMILES string of the molecule is [CH2-]N1/C(=C/C=C/C2=[N+]([CH2-])c3ccccc3C2(C)C)Cc2ccccc21.[Y].[Y]. The Labute approximate surface area is 213 Å². The number of para-hydroxylation sites is 2. The fourth-order valence-corrected chi connectivity index (χ4v) is 3.91. The van der Waals surface area contributed by atoms with Gasteiger partial charge in [0.05, 0.1) is 5.71 Å². The zero-order valence-electron chi connectivity index (χ0n) is 16.0. The van der Waals surface area contributed by atoms with Crippen LogP contribution >= 0.6 is 0 Å². The molecule has 0 fully saturated rings. The van der Waals surface area contributed by atoms with Crippen LogP contribution in [0.1, 0.15) is 25.0 Å². The van der Waals surface area contributed by atoms with Crippen LogP contribution in [-0.2, 0) is 77.3 Å². The van der Waals surface area contributed by atoms with Gasteiger partial charge in [-0.15, -0.1) is 0 Å². The maximum atomic E-state index is 4.26. The van der Waals surface area contributed by atoms with Crippen LogP contribution in [0, 0.1) is 14.1 Å². The minimum absolute atomic E-state index is 0. The summed E-state index contributed by atoms with van der Waals surface area (Å²) in [5, 5.41) is 0. The van der Waals surface area contributed by atoms with E-state index in [0.717, 1.165) is 6.42 Å². The molecule has 27 heavy (non-hydrogen) atoms. The smallest absolute Gasteiger partial charge is 0.108 e. The Bertz CT molecular complexity index is 939. The van der Waals surface area contributed by atoms with E-state index in [2.05, 4.69) is 99.3 Å². The van der Waals surface area contributed by atoms with Crippen molar-refractivity contribution in [3.63, 3.8) is 0 Å².